The maximum atomic E-state index is 13.3. The number of rotatable bonds is 7. The van der Waals surface area contributed by atoms with Crippen molar-refractivity contribution in [1.29, 1.82) is 0 Å². The first-order valence-electron chi connectivity index (χ1n) is 9.80. The summed E-state index contributed by atoms with van der Waals surface area (Å²) >= 11 is 0. The Hall–Kier alpha value is -2.42. The van der Waals surface area contributed by atoms with Crippen molar-refractivity contribution in [3.05, 3.63) is 39.4 Å². The predicted octanol–water partition coefficient (Wildman–Crippen LogP) is 4.47. The highest BCUT2D eigenvalue weighted by Crippen LogP contribution is 2.41. The van der Waals surface area contributed by atoms with E-state index in [0.717, 1.165) is 0 Å². The van der Waals surface area contributed by atoms with E-state index in [1.807, 2.05) is 0 Å². The number of halogens is 12. The van der Waals surface area contributed by atoms with Gasteiger partial charge >= 0.3 is 23.4 Å². The lowest BCUT2D eigenvalue weighted by Gasteiger charge is -2.23. The molecule has 1 fully saturated rings. The standard InChI is InChI=1S/C17H15F12N3O4S2/c18-14(19,20)8-4-9(15(21,22)23)6-11(5-8)32-12(31-7-10-2-1-3-30-10)13(37(33,34)16(24,25)26)38(35,36)17(27,28)29/h4-6,10,30-32H,1-3,7H2/t10-/m0/s1. The molecular formula is C17H15F12N3O4S2. The molecule has 218 valence electrons. The number of hydrogen-bond donors (Lipinski definition) is 3. The van der Waals surface area contributed by atoms with Crippen LogP contribution in [0, 0.1) is 0 Å². The van der Waals surface area contributed by atoms with Gasteiger partial charge in [-0.1, -0.05) is 0 Å². The first-order valence-corrected chi connectivity index (χ1v) is 12.8. The van der Waals surface area contributed by atoms with Crippen LogP contribution in [0.3, 0.4) is 0 Å². The molecule has 0 radical (unpaired) electrons. The van der Waals surface area contributed by atoms with Gasteiger partial charge in [0, 0.05) is 18.3 Å². The van der Waals surface area contributed by atoms with Crippen molar-refractivity contribution >= 4 is 25.4 Å². The van der Waals surface area contributed by atoms with E-state index in [1.165, 1.54) is 5.32 Å². The second-order valence-electron chi connectivity index (χ2n) is 7.65. The Morgan fingerprint density at radius 3 is 1.58 bits per heavy atom. The van der Waals surface area contributed by atoms with Gasteiger partial charge in [-0.05, 0) is 37.6 Å². The van der Waals surface area contributed by atoms with E-state index in [9.17, 15) is 69.5 Å². The molecule has 0 amide bonds. The van der Waals surface area contributed by atoms with Crippen LogP contribution in [0.4, 0.5) is 58.4 Å². The molecule has 3 N–H and O–H groups in total. The van der Waals surface area contributed by atoms with Crippen molar-refractivity contribution in [3.63, 3.8) is 0 Å². The molecule has 1 heterocycles. The Bertz CT molecular complexity index is 1200. The van der Waals surface area contributed by atoms with Gasteiger partial charge in [-0.2, -0.15) is 52.7 Å². The molecule has 0 saturated carbocycles. The van der Waals surface area contributed by atoms with E-state index < -0.39 is 88.6 Å². The molecule has 1 atom stereocenters. The van der Waals surface area contributed by atoms with Crippen molar-refractivity contribution in [1.82, 2.24) is 10.6 Å². The monoisotopic (exact) mass is 617 g/mol. The fraction of sp³-hybridized carbons (Fsp3) is 0.529. The minimum Gasteiger partial charge on any atom is -0.368 e. The van der Waals surface area contributed by atoms with E-state index in [-0.39, 0.29) is 25.1 Å². The Labute approximate surface area is 206 Å². The zero-order valence-corrected chi connectivity index (χ0v) is 19.8. The predicted molar refractivity (Wildman–Crippen MR) is 106 cm³/mol. The lowest BCUT2D eigenvalue weighted by atomic mass is 10.1. The van der Waals surface area contributed by atoms with E-state index in [2.05, 4.69) is 5.32 Å². The first-order chi connectivity index (χ1) is 16.9. The van der Waals surface area contributed by atoms with Gasteiger partial charge < -0.3 is 16.0 Å². The largest absolute Gasteiger partial charge is 0.502 e. The molecule has 38 heavy (non-hydrogen) atoms. The van der Waals surface area contributed by atoms with Gasteiger partial charge in [0.2, 0.25) is 4.24 Å². The molecular weight excluding hydrogens is 602 g/mol. The first kappa shape index (κ1) is 31.8. The minimum absolute atomic E-state index is 0.190. The molecule has 1 aromatic carbocycles. The number of anilines is 1. The maximum absolute atomic E-state index is 13.3. The third-order valence-corrected chi connectivity index (χ3v) is 8.77. The van der Waals surface area contributed by atoms with Gasteiger partial charge in [0.05, 0.1) is 11.1 Å². The number of nitrogens with one attached hydrogen (secondary N) is 3. The van der Waals surface area contributed by atoms with Crippen LogP contribution in [0.1, 0.15) is 24.0 Å². The highest BCUT2D eigenvalue weighted by Gasteiger charge is 2.61. The highest BCUT2D eigenvalue weighted by molar-refractivity contribution is 8.15. The summed E-state index contributed by atoms with van der Waals surface area (Å²) in [6, 6.07) is -1.65. The zero-order chi connectivity index (χ0) is 29.5. The van der Waals surface area contributed by atoms with Crippen LogP contribution in [-0.2, 0) is 32.0 Å². The molecule has 1 saturated heterocycles. The summed E-state index contributed by atoms with van der Waals surface area (Å²) in [5.41, 5.74) is -19.1. The van der Waals surface area contributed by atoms with Gasteiger partial charge in [0.15, 0.2) is 0 Å². The molecule has 0 bridgehead atoms. The third kappa shape index (κ3) is 6.96. The summed E-state index contributed by atoms with van der Waals surface area (Å²) in [7, 11) is -14.9. The SMILES string of the molecule is O=S(=O)(C(=C(NC[C@@H]1CCCN1)Nc1cc(C(F)(F)F)cc(C(F)(F)F)c1)S(=O)(=O)C(F)(F)F)C(F)(F)F. The quantitative estimate of drug-likeness (QED) is 0.388. The number of hydrogen-bond acceptors (Lipinski definition) is 7. The van der Waals surface area contributed by atoms with Crippen molar-refractivity contribution in [2.75, 3.05) is 18.4 Å². The van der Waals surface area contributed by atoms with Gasteiger partial charge in [-0.25, -0.2) is 16.8 Å². The molecule has 21 heteroatoms. The van der Waals surface area contributed by atoms with Crippen LogP contribution in [-0.4, -0.2) is 47.0 Å². The second-order valence-corrected chi connectivity index (χ2v) is 11.7. The maximum Gasteiger partial charge on any atom is 0.502 e. The van der Waals surface area contributed by atoms with E-state index in [1.54, 1.807) is 5.32 Å². The van der Waals surface area contributed by atoms with Crippen molar-refractivity contribution in [2.24, 2.45) is 0 Å². The van der Waals surface area contributed by atoms with E-state index in [0.29, 0.717) is 6.42 Å². The number of benzene rings is 1. The van der Waals surface area contributed by atoms with Gasteiger partial charge in [0.1, 0.15) is 5.82 Å². The third-order valence-electron chi connectivity index (χ3n) is 4.85. The fourth-order valence-corrected chi connectivity index (χ4v) is 6.05. The molecule has 1 aliphatic heterocycles. The summed E-state index contributed by atoms with van der Waals surface area (Å²) in [5.74, 6) is -2.17. The van der Waals surface area contributed by atoms with Gasteiger partial charge in [-0.3, -0.25) is 0 Å². The normalized spacial score (nSPS) is 17.8. The van der Waals surface area contributed by atoms with E-state index in [4.69, 9.17) is 0 Å². The summed E-state index contributed by atoms with van der Waals surface area (Å²) in [6.07, 6.45) is -10.4. The average molecular weight is 617 g/mol. The topological polar surface area (TPSA) is 104 Å². The smallest absolute Gasteiger partial charge is 0.368 e. The molecule has 1 aliphatic rings. The Morgan fingerprint density at radius 2 is 1.24 bits per heavy atom. The van der Waals surface area contributed by atoms with Crippen LogP contribution in [0.25, 0.3) is 0 Å². The van der Waals surface area contributed by atoms with Crippen LogP contribution < -0.4 is 16.0 Å². The number of alkyl halides is 12. The number of sulfone groups is 2. The van der Waals surface area contributed by atoms with Crippen molar-refractivity contribution in [3.8, 4) is 0 Å². The fourth-order valence-electron chi connectivity index (χ4n) is 3.12. The Kier molecular flexibility index (Phi) is 8.60. The summed E-state index contributed by atoms with van der Waals surface area (Å²) < 4.78 is 203. The van der Waals surface area contributed by atoms with Crippen LogP contribution in [0.5, 0.6) is 0 Å². The molecule has 0 spiro atoms. The summed E-state index contributed by atoms with van der Waals surface area (Å²) in [4.78, 5) is 0. The highest BCUT2D eigenvalue weighted by atomic mass is 32.3. The molecule has 0 aliphatic carbocycles. The molecule has 1 aromatic rings. The van der Waals surface area contributed by atoms with Crippen molar-refractivity contribution < 1.29 is 69.5 Å². The molecule has 0 unspecified atom stereocenters. The average Bonchev–Trinajstić information content (AvgIpc) is 3.22. The van der Waals surface area contributed by atoms with Crippen molar-refractivity contribution in [2.45, 2.75) is 42.3 Å². The molecule has 7 nitrogen and oxygen atoms in total. The van der Waals surface area contributed by atoms with Gasteiger partial charge in [0.25, 0.3) is 19.7 Å². The molecule has 2 rings (SSSR count). The van der Waals surface area contributed by atoms with Crippen LogP contribution in [0.2, 0.25) is 0 Å². The van der Waals surface area contributed by atoms with E-state index >= 15 is 0 Å². The second kappa shape index (κ2) is 10.3. The lowest BCUT2D eigenvalue weighted by Crippen LogP contribution is -2.41. The van der Waals surface area contributed by atoms with Crippen LogP contribution in [0.15, 0.2) is 28.3 Å². The summed E-state index contributed by atoms with van der Waals surface area (Å²) in [5, 5.41) is 5.59. The van der Waals surface area contributed by atoms with Gasteiger partial charge in [-0.15, -0.1) is 0 Å². The summed E-state index contributed by atoms with van der Waals surface area (Å²) in [6.45, 7) is -0.506. The Morgan fingerprint density at radius 1 is 0.789 bits per heavy atom. The molecule has 0 aromatic heterocycles. The minimum atomic E-state index is -7.44. The Balaban J connectivity index is 2.91. The van der Waals surface area contributed by atoms with Crippen LogP contribution >= 0.6 is 0 Å². The lowest BCUT2D eigenvalue weighted by molar-refractivity contribution is -0.143. The zero-order valence-electron chi connectivity index (χ0n) is 18.1.